The van der Waals surface area contributed by atoms with Gasteiger partial charge in [-0.3, -0.25) is 4.79 Å². The number of aromatic nitrogens is 1. The van der Waals surface area contributed by atoms with Crippen molar-refractivity contribution in [2.45, 2.75) is 26.1 Å². The summed E-state index contributed by atoms with van der Waals surface area (Å²) >= 11 is 0. The van der Waals surface area contributed by atoms with Crippen molar-refractivity contribution in [2.24, 2.45) is 0 Å². The first kappa shape index (κ1) is 21.2. The Morgan fingerprint density at radius 3 is 1.97 bits per heavy atom. The lowest BCUT2D eigenvalue weighted by atomic mass is 10.1. The van der Waals surface area contributed by atoms with Crippen LogP contribution in [-0.4, -0.2) is 27.9 Å². The number of fused-ring (bicyclic) bond motifs is 1. The molecule has 3 aromatic carbocycles. The van der Waals surface area contributed by atoms with Gasteiger partial charge in [0.05, 0.1) is 5.52 Å². The number of para-hydroxylation sites is 1. The molecule has 0 saturated heterocycles. The van der Waals surface area contributed by atoms with Crippen LogP contribution in [0.25, 0.3) is 10.9 Å². The van der Waals surface area contributed by atoms with E-state index in [2.05, 4.69) is 4.98 Å². The van der Waals surface area contributed by atoms with E-state index in [0.29, 0.717) is 18.6 Å². The Morgan fingerprint density at radius 1 is 0.781 bits per heavy atom. The number of carbonyl (C=O) groups is 2. The van der Waals surface area contributed by atoms with E-state index in [1.165, 1.54) is 0 Å². The second-order valence-electron chi connectivity index (χ2n) is 7.60. The van der Waals surface area contributed by atoms with E-state index < -0.39 is 12.1 Å². The van der Waals surface area contributed by atoms with Gasteiger partial charge in [-0.25, -0.2) is 9.78 Å². The number of esters is 1. The van der Waals surface area contributed by atoms with Gasteiger partial charge in [0.1, 0.15) is 5.69 Å². The van der Waals surface area contributed by atoms with E-state index in [4.69, 9.17) is 4.74 Å². The number of carbonyl (C=O) groups excluding carboxylic acids is 2. The van der Waals surface area contributed by atoms with Gasteiger partial charge in [0.15, 0.2) is 6.10 Å². The standard InChI is InChI=1S/C27H24N2O3/c1-20(32-27(31)25-17-16-23-14-8-9-15-24(23)28-25)26(30)29(18-21-10-4-2-5-11-21)19-22-12-6-3-7-13-22/h2-17,20H,18-19H2,1H3/t20-/m0/s1. The van der Waals surface area contributed by atoms with Crippen LogP contribution >= 0.6 is 0 Å². The molecular formula is C27H24N2O3. The van der Waals surface area contributed by atoms with Crippen molar-refractivity contribution in [3.05, 3.63) is 114 Å². The lowest BCUT2D eigenvalue weighted by Crippen LogP contribution is -2.39. The van der Waals surface area contributed by atoms with Gasteiger partial charge in [0, 0.05) is 18.5 Å². The quantitative estimate of drug-likeness (QED) is 0.391. The molecule has 4 rings (SSSR count). The zero-order chi connectivity index (χ0) is 22.3. The summed E-state index contributed by atoms with van der Waals surface area (Å²) in [5.41, 5.74) is 2.90. The van der Waals surface area contributed by atoms with E-state index >= 15 is 0 Å². The van der Waals surface area contributed by atoms with E-state index in [0.717, 1.165) is 16.5 Å². The first-order chi connectivity index (χ1) is 15.6. The molecule has 0 spiro atoms. The monoisotopic (exact) mass is 424 g/mol. The molecule has 0 fully saturated rings. The van der Waals surface area contributed by atoms with Crippen LogP contribution in [0, 0.1) is 0 Å². The van der Waals surface area contributed by atoms with Crippen LogP contribution in [-0.2, 0) is 22.6 Å². The summed E-state index contributed by atoms with van der Waals surface area (Å²) in [6, 6.07) is 30.5. The molecule has 160 valence electrons. The highest BCUT2D eigenvalue weighted by Crippen LogP contribution is 2.15. The molecule has 0 N–H and O–H groups in total. The molecule has 1 amide bonds. The summed E-state index contributed by atoms with van der Waals surface area (Å²) < 4.78 is 5.51. The van der Waals surface area contributed by atoms with Gasteiger partial charge in [-0.1, -0.05) is 84.9 Å². The number of rotatable bonds is 7. The van der Waals surface area contributed by atoms with Crippen LogP contribution in [0.1, 0.15) is 28.5 Å². The van der Waals surface area contributed by atoms with Gasteiger partial charge < -0.3 is 9.64 Å². The minimum atomic E-state index is -0.941. The Balaban J connectivity index is 1.50. The second kappa shape index (κ2) is 9.88. The van der Waals surface area contributed by atoms with Crippen molar-refractivity contribution in [2.75, 3.05) is 0 Å². The maximum Gasteiger partial charge on any atom is 0.357 e. The Kier molecular flexibility index (Phi) is 6.56. The molecule has 0 aliphatic rings. The Morgan fingerprint density at radius 2 is 1.34 bits per heavy atom. The molecule has 1 aromatic heterocycles. The smallest absolute Gasteiger partial charge is 0.357 e. The largest absolute Gasteiger partial charge is 0.448 e. The SMILES string of the molecule is C[C@H](OC(=O)c1ccc2ccccc2n1)C(=O)N(Cc1ccccc1)Cc1ccccc1. The summed E-state index contributed by atoms with van der Waals surface area (Å²) in [6.07, 6.45) is -0.941. The summed E-state index contributed by atoms with van der Waals surface area (Å²) in [7, 11) is 0. The molecule has 1 heterocycles. The van der Waals surface area contributed by atoms with Crippen molar-refractivity contribution >= 4 is 22.8 Å². The van der Waals surface area contributed by atoms with Gasteiger partial charge in [0.2, 0.25) is 0 Å². The predicted molar refractivity (Wildman–Crippen MR) is 124 cm³/mol. The van der Waals surface area contributed by atoms with Crippen molar-refractivity contribution < 1.29 is 14.3 Å². The summed E-state index contributed by atoms with van der Waals surface area (Å²) in [5, 5.41) is 0.935. The van der Waals surface area contributed by atoms with Crippen LogP contribution in [0.2, 0.25) is 0 Å². The molecule has 5 heteroatoms. The van der Waals surface area contributed by atoms with E-state index in [1.807, 2.05) is 91.0 Å². The number of hydrogen-bond donors (Lipinski definition) is 0. The number of benzene rings is 3. The lowest BCUT2D eigenvalue weighted by molar-refractivity contribution is -0.141. The topological polar surface area (TPSA) is 59.5 Å². The van der Waals surface area contributed by atoms with Gasteiger partial charge >= 0.3 is 5.97 Å². The molecule has 0 unspecified atom stereocenters. The third-order valence-electron chi connectivity index (χ3n) is 5.18. The van der Waals surface area contributed by atoms with Crippen LogP contribution in [0.15, 0.2) is 97.1 Å². The third-order valence-corrected chi connectivity index (χ3v) is 5.18. The van der Waals surface area contributed by atoms with Crippen molar-refractivity contribution in [1.29, 1.82) is 0 Å². The van der Waals surface area contributed by atoms with Crippen molar-refractivity contribution in [3.63, 3.8) is 0 Å². The van der Waals surface area contributed by atoms with Crippen LogP contribution in [0.5, 0.6) is 0 Å². The highest BCUT2D eigenvalue weighted by molar-refractivity contribution is 5.93. The van der Waals surface area contributed by atoms with Crippen LogP contribution < -0.4 is 0 Å². The first-order valence-electron chi connectivity index (χ1n) is 10.5. The fourth-order valence-corrected chi connectivity index (χ4v) is 3.53. The molecule has 4 aromatic rings. The summed E-state index contributed by atoms with van der Waals surface area (Å²) in [6.45, 7) is 2.44. The van der Waals surface area contributed by atoms with E-state index in [1.54, 1.807) is 17.9 Å². The maximum absolute atomic E-state index is 13.3. The average Bonchev–Trinajstić information content (AvgIpc) is 2.84. The summed E-state index contributed by atoms with van der Waals surface area (Å²) in [5.74, 6) is -0.872. The maximum atomic E-state index is 13.3. The van der Waals surface area contributed by atoms with Gasteiger partial charge in [-0.2, -0.15) is 0 Å². The number of nitrogens with zero attached hydrogens (tertiary/aromatic N) is 2. The fourth-order valence-electron chi connectivity index (χ4n) is 3.53. The van der Waals surface area contributed by atoms with Crippen molar-refractivity contribution in [1.82, 2.24) is 9.88 Å². The average molecular weight is 425 g/mol. The fraction of sp³-hybridized carbons (Fsp3) is 0.148. The molecule has 5 nitrogen and oxygen atoms in total. The van der Waals surface area contributed by atoms with Gasteiger partial charge in [0.25, 0.3) is 5.91 Å². The van der Waals surface area contributed by atoms with Crippen LogP contribution in [0.3, 0.4) is 0 Å². The zero-order valence-corrected chi connectivity index (χ0v) is 17.8. The third kappa shape index (κ3) is 5.19. The van der Waals surface area contributed by atoms with E-state index in [9.17, 15) is 9.59 Å². The number of ether oxygens (including phenoxy) is 1. The first-order valence-corrected chi connectivity index (χ1v) is 10.5. The Bertz CT molecular complexity index is 1170. The zero-order valence-electron chi connectivity index (χ0n) is 17.8. The molecule has 0 radical (unpaired) electrons. The number of hydrogen-bond acceptors (Lipinski definition) is 4. The molecule has 0 aliphatic heterocycles. The highest BCUT2D eigenvalue weighted by Gasteiger charge is 2.25. The predicted octanol–water partition coefficient (Wildman–Crippen LogP) is 5.01. The minimum Gasteiger partial charge on any atom is -0.448 e. The number of pyridine rings is 1. The minimum absolute atomic E-state index is 0.181. The molecule has 32 heavy (non-hydrogen) atoms. The molecule has 1 atom stereocenters. The molecule has 0 saturated carbocycles. The summed E-state index contributed by atoms with van der Waals surface area (Å²) in [4.78, 5) is 32.0. The normalized spacial score (nSPS) is 11.7. The number of amides is 1. The Labute approximate surface area is 187 Å². The van der Waals surface area contributed by atoms with Crippen LogP contribution in [0.4, 0.5) is 0 Å². The highest BCUT2D eigenvalue weighted by atomic mass is 16.5. The van der Waals surface area contributed by atoms with Crippen molar-refractivity contribution in [3.8, 4) is 0 Å². The van der Waals surface area contributed by atoms with Gasteiger partial charge in [-0.15, -0.1) is 0 Å². The van der Waals surface area contributed by atoms with Gasteiger partial charge in [-0.05, 0) is 30.2 Å². The second-order valence-corrected chi connectivity index (χ2v) is 7.60. The Hall–Kier alpha value is -3.99. The molecular weight excluding hydrogens is 400 g/mol. The molecule has 0 bridgehead atoms. The van der Waals surface area contributed by atoms with E-state index in [-0.39, 0.29) is 11.6 Å². The molecule has 0 aliphatic carbocycles. The lowest BCUT2D eigenvalue weighted by Gasteiger charge is -2.26.